The van der Waals surface area contributed by atoms with Crippen molar-refractivity contribution in [2.24, 2.45) is 0 Å². The van der Waals surface area contributed by atoms with Crippen LogP contribution in [0.4, 0.5) is 11.4 Å². The van der Waals surface area contributed by atoms with E-state index in [0.717, 1.165) is 42.3 Å². The highest BCUT2D eigenvalue weighted by molar-refractivity contribution is 9.11. The molecule has 0 aromatic heterocycles. The summed E-state index contributed by atoms with van der Waals surface area (Å²) in [5.74, 6) is -0.361. The summed E-state index contributed by atoms with van der Waals surface area (Å²) in [6.45, 7) is 4.37. The molecule has 2 amide bonds. The quantitative estimate of drug-likeness (QED) is 0.163. The number of nitrogens with one attached hydrogen (secondary N) is 2. The van der Waals surface area contributed by atoms with Crippen molar-refractivity contribution >= 4 is 55.0 Å². The first-order valence-electron chi connectivity index (χ1n) is 15.2. The van der Waals surface area contributed by atoms with Crippen molar-refractivity contribution < 1.29 is 9.59 Å². The maximum Gasteiger partial charge on any atom is 0.255 e. The molecule has 0 aliphatic carbocycles. The summed E-state index contributed by atoms with van der Waals surface area (Å²) < 4.78 is 1.56. The van der Waals surface area contributed by atoms with Crippen LogP contribution in [0.2, 0.25) is 0 Å². The third kappa shape index (κ3) is 6.99. The van der Waals surface area contributed by atoms with Crippen molar-refractivity contribution in [3.8, 4) is 22.3 Å². The first-order valence-corrected chi connectivity index (χ1v) is 16.8. The summed E-state index contributed by atoms with van der Waals surface area (Å²) in [6.07, 6.45) is 0. The van der Waals surface area contributed by atoms with Crippen LogP contribution in [0.5, 0.6) is 0 Å². The second kappa shape index (κ2) is 13.9. The van der Waals surface area contributed by atoms with Gasteiger partial charge < -0.3 is 10.6 Å². The lowest BCUT2D eigenvalue weighted by atomic mass is 9.76. The molecule has 0 aliphatic heterocycles. The lowest BCUT2D eigenvalue weighted by molar-refractivity contribution is 0.101. The molecular weight excluding hydrogens is 712 g/mol. The molecule has 6 heteroatoms. The average Bonchev–Trinajstić information content (AvgIpc) is 3.11. The van der Waals surface area contributed by atoms with Crippen molar-refractivity contribution in [3.05, 3.63) is 177 Å². The number of carbonyl (C=O) groups excluding carboxylic acids is 2. The van der Waals surface area contributed by atoms with E-state index in [1.807, 2.05) is 97.1 Å². The first kappa shape index (κ1) is 32.2. The number of benzene rings is 6. The molecule has 2 N–H and O–H groups in total. The summed E-state index contributed by atoms with van der Waals surface area (Å²) in [5.41, 5.74) is 7.97. The van der Waals surface area contributed by atoms with E-state index in [-0.39, 0.29) is 11.8 Å². The molecule has 0 unspecified atom stereocenters. The molecule has 47 heavy (non-hydrogen) atoms. The molecule has 0 fully saturated rings. The predicted octanol–water partition coefficient (Wildman–Crippen LogP) is 11.4. The van der Waals surface area contributed by atoms with Crippen molar-refractivity contribution in [2.75, 3.05) is 10.6 Å². The molecule has 6 aromatic carbocycles. The highest BCUT2D eigenvalue weighted by Gasteiger charge is 2.29. The summed E-state index contributed by atoms with van der Waals surface area (Å²) in [4.78, 5) is 26.6. The Balaban J connectivity index is 1.45. The van der Waals surface area contributed by atoms with Crippen LogP contribution < -0.4 is 10.6 Å². The van der Waals surface area contributed by atoms with Crippen LogP contribution >= 0.6 is 31.9 Å². The highest BCUT2D eigenvalue weighted by atomic mass is 79.9. The Hall–Kier alpha value is -4.78. The SMILES string of the molecule is CC(C)(c1cc(Br)c(NC(=O)c2ccccc2)c(-c2ccccc2)c1)c1cc(Br)c(NC(=O)c2ccccc2)c(-c2ccccc2)c1. The van der Waals surface area contributed by atoms with Gasteiger partial charge in [0, 0.05) is 36.6 Å². The normalized spacial score (nSPS) is 11.1. The maximum absolute atomic E-state index is 13.3. The molecule has 0 spiro atoms. The molecule has 6 aromatic rings. The zero-order valence-corrected chi connectivity index (χ0v) is 29.1. The first-order chi connectivity index (χ1) is 22.7. The van der Waals surface area contributed by atoms with Crippen LogP contribution in [0.25, 0.3) is 22.3 Å². The zero-order valence-electron chi connectivity index (χ0n) is 25.9. The van der Waals surface area contributed by atoms with E-state index in [0.29, 0.717) is 22.5 Å². The van der Waals surface area contributed by atoms with Gasteiger partial charge >= 0.3 is 0 Å². The number of hydrogen-bond acceptors (Lipinski definition) is 2. The van der Waals surface area contributed by atoms with Gasteiger partial charge in [-0.25, -0.2) is 0 Å². The van der Waals surface area contributed by atoms with Crippen LogP contribution in [-0.2, 0) is 5.41 Å². The summed E-state index contributed by atoms with van der Waals surface area (Å²) in [6, 6.07) is 47.0. The Kier molecular flexibility index (Phi) is 9.53. The Morgan fingerprint density at radius 2 is 0.809 bits per heavy atom. The monoisotopic (exact) mass is 742 g/mol. The molecule has 0 radical (unpaired) electrons. The van der Waals surface area contributed by atoms with Gasteiger partial charge in [-0.3, -0.25) is 9.59 Å². The molecule has 0 aliphatic rings. The molecule has 6 rings (SSSR count). The van der Waals surface area contributed by atoms with Gasteiger partial charge in [0.05, 0.1) is 11.4 Å². The third-order valence-corrected chi connectivity index (χ3v) is 9.59. The number of hydrogen-bond donors (Lipinski definition) is 2. The Morgan fingerprint density at radius 1 is 0.489 bits per heavy atom. The van der Waals surface area contributed by atoms with E-state index in [1.165, 1.54) is 0 Å². The number of halogens is 2. The minimum atomic E-state index is -0.484. The van der Waals surface area contributed by atoms with Crippen molar-refractivity contribution in [3.63, 3.8) is 0 Å². The van der Waals surface area contributed by atoms with Crippen molar-refractivity contribution in [1.29, 1.82) is 0 Å². The average molecular weight is 745 g/mol. The topological polar surface area (TPSA) is 58.2 Å². The lowest BCUT2D eigenvalue weighted by Crippen LogP contribution is -2.21. The van der Waals surface area contributed by atoms with E-state index in [9.17, 15) is 9.59 Å². The smallest absolute Gasteiger partial charge is 0.255 e. The molecule has 4 nitrogen and oxygen atoms in total. The minimum Gasteiger partial charge on any atom is -0.320 e. The number of rotatable bonds is 8. The van der Waals surface area contributed by atoms with Gasteiger partial charge in [0.15, 0.2) is 0 Å². The second-order valence-corrected chi connectivity index (χ2v) is 13.5. The molecular formula is C41H32Br2N2O2. The Morgan fingerprint density at radius 3 is 1.15 bits per heavy atom. The zero-order chi connectivity index (χ0) is 33.0. The largest absolute Gasteiger partial charge is 0.320 e. The van der Waals surface area contributed by atoms with Crippen LogP contribution in [0.15, 0.2) is 155 Å². The minimum absolute atomic E-state index is 0.180. The standard InChI is InChI=1S/C41H32Br2N2O2/c1-41(2,31-23-33(27-15-7-3-8-16-27)37(35(42)25-31)44-39(46)29-19-11-5-12-20-29)32-24-34(28-17-9-4-10-18-28)38(36(43)26-32)45-40(47)30-21-13-6-14-22-30/h3-26H,1-2H3,(H,44,46)(H,45,47). The third-order valence-electron chi connectivity index (χ3n) is 8.34. The van der Waals surface area contributed by atoms with Gasteiger partial charge in [-0.1, -0.05) is 111 Å². The van der Waals surface area contributed by atoms with Crippen LogP contribution in [0.3, 0.4) is 0 Å². The van der Waals surface area contributed by atoms with Gasteiger partial charge in [-0.05, 0) is 103 Å². The van der Waals surface area contributed by atoms with Crippen LogP contribution in [-0.4, -0.2) is 11.8 Å². The van der Waals surface area contributed by atoms with Gasteiger partial charge in [-0.2, -0.15) is 0 Å². The number of anilines is 2. The Bertz CT molecular complexity index is 1900. The van der Waals surface area contributed by atoms with E-state index in [4.69, 9.17) is 0 Å². The highest BCUT2D eigenvalue weighted by Crippen LogP contribution is 2.45. The maximum atomic E-state index is 13.3. The molecule has 0 bridgehead atoms. The van der Waals surface area contributed by atoms with E-state index >= 15 is 0 Å². The fourth-order valence-electron chi connectivity index (χ4n) is 5.60. The van der Waals surface area contributed by atoms with Gasteiger partial charge in [0.1, 0.15) is 0 Å². The van der Waals surface area contributed by atoms with E-state index in [2.05, 4.69) is 80.6 Å². The van der Waals surface area contributed by atoms with E-state index < -0.39 is 5.41 Å². The summed E-state index contributed by atoms with van der Waals surface area (Å²) in [7, 11) is 0. The molecule has 0 atom stereocenters. The lowest BCUT2D eigenvalue weighted by Gasteiger charge is -2.30. The number of amides is 2. The number of carbonyl (C=O) groups is 2. The van der Waals surface area contributed by atoms with Crippen molar-refractivity contribution in [2.45, 2.75) is 19.3 Å². The molecule has 232 valence electrons. The van der Waals surface area contributed by atoms with Gasteiger partial charge in [-0.15, -0.1) is 0 Å². The van der Waals surface area contributed by atoms with Crippen molar-refractivity contribution in [1.82, 2.24) is 0 Å². The Labute approximate surface area is 292 Å². The fraction of sp³-hybridized carbons (Fsp3) is 0.0732. The molecule has 0 saturated carbocycles. The van der Waals surface area contributed by atoms with Crippen LogP contribution in [0.1, 0.15) is 45.7 Å². The summed E-state index contributed by atoms with van der Waals surface area (Å²) >= 11 is 7.63. The molecule has 0 heterocycles. The van der Waals surface area contributed by atoms with E-state index in [1.54, 1.807) is 24.3 Å². The second-order valence-electron chi connectivity index (χ2n) is 11.8. The van der Waals surface area contributed by atoms with Gasteiger partial charge in [0.2, 0.25) is 0 Å². The predicted molar refractivity (Wildman–Crippen MR) is 200 cm³/mol. The van der Waals surface area contributed by atoms with Crippen LogP contribution in [0, 0.1) is 0 Å². The van der Waals surface area contributed by atoms with Gasteiger partial charge in [0.25, 0.3) is 11.8 Å². The fourth-order valence-corrected chi connectivity index (χ4v) is 6.72. The summed E-state index contributed by atoms with van der Waals surface area (Å²) in [5, 5.41) is 6.31. The molecule has 0 saturated heterocycles.